The Labute approximate surface area is 243 Å². The molecular weight excluding hydrogens is 577 g/mol. The number of amides is 2. The summed E-state index contributed by atoms with van der Waals surface area (Å²) in [6.45, 7) is 3.62. The van der Waals surface area contributed by atoms with Crippen molar-refractivity contribution in [1.29, 1.82) is 0 Å². The van der Waals surface area contributed by atoms with Gasteiger partial charge in [-0.2, -0.15) is 13.2 Å². The van der Waals surface area contributed by atoms with Gasteiger partial charge in [-0.05, 0) is 94.8 Å². The van der Waals surface area contributed by atoms with Crippen molar-refractivity contribution in [2.24, 2.45) is 5.92 Å². The fourth-order valence-electron chi connectivity index (χ4n) is 5.01. The number of carbonyl (C=O) groups is 2. The number of nitrogens with one attached hydrogen (secondary N) is 2. The van der Waals surface area contributed by atoms with Crippen LogP contribution in [-0.4, -0.2) is 68.9 Å². The van der Waals surface area contributed by atoms with Crippen molar-refractivity contribution in [2.45, 2.75) is 67.2 Å². The van der Waals surface area contributed by atoms with Crippen molar-refractivity contribution in [3.63, 3.8) is 0 Å². The molecule has 0 radical (unpaired) electrons. The molecule has 3 atom stereocenters. The van der Waals surface area contributed by atoms with E-state index in [2.05, 4.69) is 29.4 Å². The molecule has 0 saturated heterocycles. The number of nitrogens with zero attached hydrogens (tertiary/aromatic N) is 1. The van der Waals surface area contributed by atoms with Gasteiger partial charge >= 0.3 is 6.18 Å². The van der Waals surface area contributed by atoms with Crippen molar-refractivity contribution in [3.05, 3.63) is 53.6 Å². The van der Waals surface area contributed by atoms with Crippen LogP contribution in [0.1, 0.15) is 49.0 Å². The molecule has 0 heterocycles. The summed E-state index contributed by atoms with van der Waals surface area (Å²) in [6, 6.07) is 9.01. The number of hydrogen-bond donors (Lipinski definition) is 3. The molecule has 1 fully saturated rings. The van der Waals surface area contributed by atoms with Crippen LogP contribution >= 0.6 is 11.8 Å². The first kappa shape index (κ1) is 32.7. The fourth-order valence-corrected chi connectivity index (χ4v) is 7.09. The molecule has 0 spiro atoms. The lowest BCUT2D eigenvalue weighted by Gasteiger charge is -2.41. The molecule has 2 aromatic rings. The van der Waals surface area contributed by atoms with E-state index in [1.54, 1.807) is 24.3 Å². The first-order valence-corrected chi connectivity index (χ1v) is 16.1. The zero-order valence-corrected chi connectivity index (χ0v) is 25.1. The Hall–Kier alpha value is -2.77. The summed E-state index contributed by atoms with van der Waals surface area (Å²) in [5.41, 5.74) is 4.13. The van der Waals surface area contributed by atoms with E-state index in [0.717, 1.165) is 23.4 Å². The Balaban J connectivity index is 1.72. The predicted octanol–water partition coefficient (Wildman–Crippen LogP) is 4.21. The van der Waals surface area contributed by atoms with Gasteiger partial charge in [0.1, 0.15) is 0 Å². The van der Waals surface area contributed by atoms with Gasteiger partial charge in [0.2, 0.25) is 5.91 Å². The Morgan fingerprint density at radius 2 is 1.78 bits per heavy atom. The standard InChI is InChI=1S/C28H37F3N4O4S2/c1-17(2)35(3)20-6-12-25(18(13-20)16-41(38,39)22-9-7-21(40-4)8-10-22)34-26(36)15-33-27(37)23-14-19(28(29,30)31)5-11-24(23)32/h5,7-11,14,17-18,20,25H,6,12-13,15-16,32H2,1-4H3,(H,33,37)(H,34,36)/t18-,20+,25+/m1/s1. The molecule has 0 bridgehead atoms. The molecule has 8 nitrogen and oxygen atoms in total. The number of nitrogens with two attached hydrogens (primary N) is 1. The van der Waals surface area contributed by atoms with Crippen LogP contribution in [0.4, 0.5) is 18.9 Å². The summed E-state index contributed by atoms with van der Waals surface area (Å²) in [5.74, 6) is -2.04. The maximum absolute atomic E-state index is 13.4. The molecule has 13 heteroatoms. The number of anilines is 1. The number of halogens is 3. The maximum Gasteiger partial charge on any atom is 0.416 e. The van der Waals surface area contributed by atoms with Crippen molar-refractivity contribution >= 4 is 39.1 Å². The highest BCUT2D eigenvalue weighted by atomic mass is 32.2. The lowest BCUT2D eigenvalue weighted by Crippen LogP contribution is -2.52. The Kier molecular flexibility index (Phi) is 10.8. The number of sulfone groups is 1. The van der Waals surface area contributed by atoms with E-state index in [1.165, 1.54) is 11.8 Å². The van der Waals surface area contributed by atoms with Gasteiger partial charge in [-0.1, -0.05) is 0 Å². The average molecular weight is 615 g/mol. The van der Waals surface area contributed by atoms with Gasteiger partial charge in [-0.3, -0.25) is 9.59 Å². The van der Waals surface area contributed by atoms with E-state index >= 15 is 0 Å². The van der Waals surface area contributed by atoms with Crippen LogP contribution in [0, 0.1) is 5.92 Å². The molecule has 226 valence electrons. The van der Waals surface area contributed by atoms with Gasteiger partial charge in [0.05, 0.1) is 28.3 Å². The summed E-state index contributed by atoms with van der Waals surface area (Å²) < 4.78 is 65.9. The topological polar surface area (TPSA) is 122 Å². The molecule has 1 saturated carbocycles. The number of hydrogen-bond acceptors (Lipinski definition) is 7. The molecule has 41 heavy (non-hydrogen) atoms. The molecule has 3 rings (SSSR count). The highest BCUT2D eigenvalue weighted by molar-refractivity contribution is 7.98. The van der Waals surface area contributed by atoms with Gasteiger partial charge in [0.15, 0.2) is 9.84 Å². The van der Waals surface area contributed by atoms with E-state index in [-0.39, 0.29) is 39.9 Å². The first-order chi connectivity index (χ1) is 19.1. The summed E-state index contributed by atoms with van der Waals surface area (Å²) in [6.07, 6.45) is -0.926. The zero-order chi connectivity index (χ0) is 30.5. The lowest BCUT2D eigenvalue weighted by molar-refractivity contribution is -0.137. The third-order valence-electron chi connectivity index (χ3n) is 7.58. The van der Waals surface area contributed by atoms with Crippen LogP contribution in [0.25, 0.3) is 0 Å². The SMILES string of the molecule is CSc1ccc(S(=O)(=O)C[C@H]2C[C@@H](N(C)C(C)C)CC[C@@H]2NC(=O)CNC(=O)c2cc(C(F)(F)F)ccc2N)cc1. The largest absolute Gasteiger partial charge is 0.416 e. The summed E-state index contributed by atoms with van der Waals surface area (Å²) in [4.78, 5) is 28.7. The average Bonchev–Trinajstić information content (AvgIpc) is 2.91. The van der Waals surface area contributed by atoms with Gasteiger partial charge in [0.25, 0.3) is 5.91 Å². The van der Waals surface area contributed by atoms with Gasteiger partial charge in [-0.15, -0.1) is 11.8 Å². The number of nitrogen functional groups attached to an aromatic ring is 1. The number of benzene rings is 2. The van der Waals surface area contributed by atoms with Crippen molar-refractivity contribution in [3.8, 4) is 0 Å². The number of carbonyl (C=O) groups excluding carboxylic acids is 2. The van der Waals surface area contributed by atoms with E-state index in [1.807, 2.05) is 13.3 Å². The molecule has 0 aromatic heterocycles. The Morgan fingerprint density at radius 3 is 2.37 bits per heavy atom. The second-order valence-corrected chi connectivity index (χ2v) is 13.5. The minimum absolute atomic E-state index is 0.130. The lowest BCUT2D eigenvalue weighted by atomic mass is 9.81. The minimum atomic E-state index is -4.66. The first-order valence-electron chi connectivity index (χ1n) is 13.3. The van der Waals surface area contributed by atoms with Crippen LogP contribution < -0.4 is 16.4 Å². The second-order valence-electron chi connectivity index (χ2n) is 10.6. The quantitative estimate of drug-likeness (QED) is 0.271. The van der Waals surface area contributed by atoms with E-state index in [0.29, 0.717) is 18.9 Å². The second kappa shape index (κ2) is 13.5. The molecule has 0 aliphatic heterocycles. The number of rotatable bonds is 10. The van der Waals surface area contributed by atoms with Crippen LogP contribution in [0.15, 0.2) is 52.3 Å². The van der Waals surface area contributed by atoms with Crippen molar-refractivity contribution in [1.82, 2.24) is 15.5 Å². The highest BCUT2D eigenvalue weighted by Crippen LogP contribution is 2.32. The van der Waals surface area contributed by atoms with E-state index in [4.69, 9.17) is 5.73 Å². The molecule has 1 aliphatic rings. The third-order valence-corrected chi connectivity index (χ3v) is 10.2. The molecule has 1 aliphatic carbocycles. The highest BCUT2D eigenvalue weighted by Gasteiger charge is 2.37. The monoisotopic (exact) mass is 614 g/mol. The minimum Gasteiger partial charge on any atom is -0.398 e. The van der Waals surface area contributed by atoms with Crippen LogP contribution in [-0.2, 0) is 20.8 Å². The zero-order valence-electron chi connectivity index (χ0n) is 23.5. The smallest absolute Gasteiger partial charge is 0.398 e. The van der Waals surface area contributed by atoms with Crippen molar-refractivity contribution < 1.29 is 31.2 Å². The predicted molar refractivity (Wildman–Crippen MR) is 154 cm³/mol. The van der Waals surface area contributed by atoms with Crippen molar-refractivity contribution in [2.75, 3.05) is 31.3 Å². The summed E-state index contributed by atoms with van der Waals surface area (Å²) in [5, 5.41) is 5.18. The molecule has 2 aromatic carbocycles. The van der Waals surface area contributed by atoms with E-state index < -0.39 is 46.0 Å². The molecular formula is C28H37F3N4O4S2. The number of thioether (sulfide) groups is 1. The summed E-state index contributed by atoms with van der Waals surface area (Å²) >= 11 is 1.51. The molecule has 2 amide bonds. The maximum atomic E-state index is 13.4. The number of alkyl halides is 3. The Bertz CT molecular complexity index is 1330. The Morgan fingerprint density at radius 1 is 1.12 bits per heavy atom. The van der Waals surface area contributed by atoms with Crippen LogP contribution in [0.5, 0.6) is 0 Å². The normalized spacial score (nSPS) is 19.8. The van der Waals surface area contributed by atoms with Gasteiger partial charge in [0, 0.05) is 28.7 Å². The van der Waals surface area contributed by atoms with Gasteiger partial charge in [-0.25, -0.2) is 8.42 Å². The molecule has 4 N–H and O–H groups in total. The van der Waals surface area contributed by atoms with Crippen LogP contribution in [0.2, 0.25) is 0 Å². The van der Waals surface area contributed by atoms with Crippen LogP contribution in [0.3, 0.4) is 0 Å². The molecule has 0 unspecified atom stereocenters. The summed E-state index contributed by atoms with van der Waals surface area (Å²) in [7, 11) is -1.66. The van der Waals surface area contributed by atoms with E-state index in [9.17, 15) is 31.2 Å². The fraction of sp³-hybridized carbons (Fsp3) is 0.500. The third kappa shape index (κ3) is 8.62. The van der Waals surface area contributed by atoms with Gasteiger partial charge < -0.3 is 21.3 Å².